The van der Waals surface area contributed by atoms with E-state index in [2.05, 4.69) is 5.32 Å². The fraction of sp³-hybridized carbons (Fsp3) is 0.517. The molecule has 9 nitrogen and oxygen atoms in total. The van der Waals surface area contributed by atoms with E-state index in [-0.39, 0.29) is 37.1 Å². The molecule has 2 aromatic carbocycles. The zero-order valence-electron chi connectivity index (χ0n) is 23.6. The molecule has 1 aliphatic rings. The number of fused-ring (bicyclic) bond motifs is 1. The maximum atomic E-state index is 13.6. The highest BCUT2D eigenvalue weighted by Gasteiger charge is 2.29. The van der Waals surface area contributed by atoms with E-state index >= 15 is 0 Å². The van der Waals surface area contributed by atoms with Crippen LogP contribution >= 0.6 is 0 Å². The Morgan fingerprint density at radius 3 is 2.31 bits per heavy atom. The van der Waals surface area contributed by atoms with E-state index in [0.29, 0.717) is 49.9 Å². The third-order valence-electron chi connectivity index (χ3n) is 6.51. The van der Waals surface area contributed by atoms with Gasteiger partial charge in [-0.25, -0.2) is 8.42 Å². The van der Waals surface area contributed by atoms with Gasteiger partial charge in [-0.3, -0.25) is 13.9 Å². The lowest BCUT2D eigenvalue weighted by Crippen LogP contribution is -2.49. The lowest BCUT2D eigenvalue weighted by atomic mass is 10.1. The van der Waals surface area contributed by atoms with Crippen molar-refractivity contribution in [1.82, 2.24) is 10.2 Å². The Kier molecular flexibility index (Phi) is 10.6. The van der Waals surface area contributed by atoms with Crippen LogP contribution in [-0.2, 0) is 26.2 Å². The van der Waals surface area contributed by atoms with Crippen molar-refractivity contribution in [2.24, 2.45) is 5.92 Å². The van der Waals surface area contributed by atoms with Gasteiger partial charge in [0.15, 0.2) is 11.5 Å². The minimum atomic E-state index is -3.62. The van der Waals surface area contributed by atoms with Crippen LogP contribution in [0.1, 0.15) is 51.2 Å². The lowest BCUT2D eigenvalue weighted by Gasteiger charge is -2.31. The molecule has 3 rings (SSSR count). The van der Waals surface area contributed by atoms with Crippen LogP contribution in [0.3, 0.4) is 0 Å². The standard InChI is InChI=1S/C29H41N3O6S/c1-6-25(29(34)30-19-21(2)3)31(20-23-11-9-22(4)10-12-23)28(33)8-7-15-32(39(5,35)36)24-13-14-26-27(18-24)38-17-16-37-26/h9-14,18,21,25H,6-8,15-17,19-20H2,1-5H3,(H,30,34)/t25-/m1/s1. The number of ether oxygens (including phenoxy) is 2. The molecule has 0 fully saturated rings. The summed E-state index contributed by atoms with van der Waals surface area (Å²) in [6.07, 6.45) is 1.99. The summed E-state index contributed by atoms with van der Waals surface area (Å²) in [5.41, 5.74) is 2.49. The van der Waals surface area contributed by atoms with Gasteiger partial charge in [0, 0.05) is 32.1 Å². The van der Waals surface area contributed by atoms with Gasteiger partial charge in [-0.05, 0) is 43.4 Å². The van der Waals surface area contributed by atoms with Gasteiger partial charge in [-0.1, -0.05) is 50.6 Å². The van der Waals surface area contributed by atoms with Gasteiger partial charge in [0.1, 0.15) is 19.3 Å². The lowest BCUT2D eigenvalue weighted by molar-refractivity contribution is -0.141. The largest absolute Gasteiger partial charge is 0.486 e. The second-order valence-electron chi connectivity index (χ2n) is 10.3. The predicted molar refractivity (Wildman–Crippen MR) is 153 cm³/mol. The van der Waals surface area contributed by atoms with Crippen molar-refractivity contribution in [1.29, 1.82) is 0 Å². The minimum Gasteiger partial charge on any atom is -0.486 e. The SMILES string of the molecule is CC[C@H](C(=O)NCC(C)C)N(Cc1ccc(C)cc1)C(=O)CCCN(c1ccc2c(c1)OCCO2)S(C)(=O)=O. The number of rotatable bonds is 13. The molecule has 0 bridgehead atoms. The Morgan fingerprint density at radius 1 is 1.03 bits per heavy atom. The van der Waals surface area contributed by atoms with Gasteiger partial charge in [0.05, 0.1) is 11.9 Å². The Balaban J connectivity index is 1.75. The number of amides is 2. The van der Waals surface area contributed by atoms with Crippen LogP contribution in [0.25, 0.3) is 0 Å². The number of carbonyl (C=O) groups is 2. The number of benzene rings is 2. The summed E-state index contributed by atoms with van der Waals surface area (Å²) in [5.74, 6) is 0.973. The Morgan fingerprint density at radius 2 is 1.69 bits per heavy atom. The van der Waals surface area contributed by atoms with Crippen molar-refractivity contribution in [3.8, 4) is 11.5 Å². The summed E-state index contributed by atoms with van der Waals surface area (Å²) in [6, 6.07) is 12.3. The summed E-state index contributed by atoms with van der Waals surface area (Å²) in [6.45, 7) is 9.70. The number of nitrogens with zero attached hydrogens (tertiary/aromatic N) is 2. The second kappa shape index (κ2) is 13.7. The number of sulfonamides is 1. The van der Waals surface area contributed by atoms with Crippen LogP contribution in [0.15, 0.2) is 42.5 Å². The predicted octanol–water partition coefficient (Wildman–Crippen LogP) is 3.89. The molecule has 0 aromatic heterocycles. The molecule has 0 aliphatic carbocycles. The normalized spacial score (nSPS) is 13.6. The average molecular weight is 560 g/mol. The first-order valence-electron chi connectivity index (χ1n) is 13.5. The topological polar surface area (TPSA) is 105 Å². The molecule has 1 heterocycles. The molecule has 0 spiro atoms. The molecule has 10 heteroatoms. The highest BCUT2D eigenvalue weighted by Crippen LogP contribution is 2.34. The smallest absolute Gasteiger partial charge is 0.242 e. The van der Waals surface area contributed by atoms with E-state index in [1.807, 2.05) is 52.0 Å². The first-order chi connectivity index (χ1) is 18.5. The third-order valence-corrected chi connectivity index (χ3v) is 7.70. The molecule has 0 saturated heterocycles. The quantitative estimate of drug-likeness (QED) is 0.399. The number of anilines is 1. The zero-order chi connectivity index (χ0) is 28.6. The molecule has 0 saturated carbocycles. The van der Waals surface area contributed by atoms with Crippen LogP contribution < -0.4 is 19.1 Å². The first-order valence-corrected chi connectivity index (χ1v) is 15.3. The highest BCUT2D eigenvalue weighted by atomic mass is 32.2. The van der Waals surface area contributed by atoms with Crippen molar-refractivity contribution in [2.45, 2.75) is 59.5 Å². The van der Waals surface area contributed by atoms with Crippen molar-refractivity contribution in [3.05, 3.63) is 53.6 Å². The van der Waals surface area contributed by atoms with Crippen LogP contribution in [0, 0.1) is 12.8 Å². The molecule has 39 heavy (non-hydrogen) atoms. The number of carbonyl (C=O) groups excluding carboxylic acids is 2. The Labute approximate surface area is 232 Å². The molecular weight excluding hydrogens is 518 g/mol. The van der Waals surface area contributed by atoms with Crippen LogP contribution in [0.2, 0.25) is 0 Å². The van der Waals surface area contributed by atoms with Gasteiger partial charge in [-0.15, -0.1) is 0 Å². The number of hydrogen-bond acceptors (Lipinski definition) is 6. The van der Waals surface area contributed by atoms with Crippen LogP contribution in [0.5, 0.6) is 11.5 Å². The van der Waals surface area contributed by atoms with Gasteiger partial charge in [0.2, 0.25) is 21.8 Å². The van der Waals surface area contributed by atoms with E-state index in [1.54, 1.807) is 23.1 Å². The summed E-state index contributed by atoms with van der Waals surface area (Å²) >= 11 is 0. The number of nitrogens with one attached hydrogen (secondary N) is 1. The summed E-state index contributed by atoms with van der Waals surface area (Å²) in [5, 5.41) is 2.96. The van der Waals surface area contributed by atoms with E-state index in [9.17, 15) is 18.0 Å². The maximum absolute atomic E-state index is 13.6. The monoisotopic (exact) mass is 559 g/mol. The molecule has 1 atom stereocenters. The van der Waals surface area contributed by atoms with Crippen molar-refractivity contribution in [2.75, 3.05) is 36.9 Å². The molecule has 0 radical (unpaired) electrons. The zero-order valence-corrected chi connectivity index (χ0v) is 24.4. The number of aryl methyl sites for hydroxylation is 1. The molecule has 1 N–H and O–H groups in total. The molecular formula is C29H41N3O6S. The van der Waals surface area contributed by atoms with Crippen LogP contribution in [-0.4, -0.2) is 63.7 Å². The van der Waals surface area contributed by atoms with Gasteiger partial charge in [0.25, 0.3) is 0 Å². The van der Waals surface area contributed by atoms with Gasteiger partial charge in [-0.2, -0.15) is 0 Å². The molecule has 214 valence electrons. The summed E-state index contributed by atoms with van der Waals surface area (Å²) in [4.78, 5) is 28.2. The fourth-order valence-electron chi connectivity index (χ4n) is 4.42. The maximum Gasteiger partial charge on any atom is 0.242 e. The Hall–Kier alpha value is -3.27. The van der Waals surface area contributed by atoms with Crippen molar-refractivity contribution in [3.63, 3.8) is 0 Å². The van der Waals surface area contributed by atoms with Gasteiger partial charge < -0.3 is 19.7 Å². The van der Waals surface area contributed by atoms with Crippen molar-refractivity contribution >= 4 is 27.5 Å². The highest BCUT2D eigenvalue weighted by molar-refractivity contribution is 7.92. The third kappa shape index (κ3) is 8.61. The average Bonchev–Trinajstić information content (AvgIpc) is 2.89. The van der Waals surface area contributed by atoms with E-state index in [1.165, 1.54) is 4.31 Å². The van der Waals surface area contributed by atoms with E-state index in [4.69, 9.17) is 9.47 Å². The van der Waals surface area contributed by atoms with E-state index in [0.717, 1.165) is 17.4 Å². The second-order valence-corrected chi connectivity index (χ2v) is 12.2. The molecule has 2 aromatic rings. The van der Waals surface area contributed by atoms with Gasteiger partial charge >= 0.3 is 0 Å². The minimum absolute atomic E-state index is 0.0936. The summed E-state index contributed by atoms with van der Waals surface area (Å²) in [7, 11) is -3.62. The molecule has 0 unspecified atom stereocenters. The van der Waals surface area contributed by atoms with Crippen LogP contribution in [0.4, 0.5) is 5.69 Å². The summed E-state index contributed by atoms with van der Waals surface area (Å²) < 4.78 is 37.7. The van der Waals surface area contributed by atoms with Crippen molar-refractivity contribution < 1.29 is 27.5 Å². The number of hydrogen-bond donors (Lipinski definition) is 1. The first kappa shape index (κ1) is 30.3. The fourth-order valence-corrected chi connectivity index (χ4v) is 5.38. The molecule has 2 amide bonds. The Bertz CT molecular complexity index is 1230. The molecule has 1 aliphatic heterocycles. The van der Waals surface area contributed by atoms with E-state index < -0.39 is 16.1 Å².